The van der Waals surface area contributed by atoms with Crippen LogP contribution < -0.4 is 10.1 Å². The Labute approximate surface area is 160 Å². The first-order chi connectivity index (χ1) is 12.8. The Bertz CT molecular complexity index is 710. The van der Waals surface area contributed by atoms with Crippen molar-refractivity contribution in [2.45, 2.75) is 38.5 Å². The number of fused-ring (bicyclic) bond motifs is 1. The first-order valence-corrected chi connectivity index (χ1v) is 10.1. The van der Waals surface area contributed by atoms with E-state index >= 15 is 0 Å². The number of nitrogens with zero attached hydrogens (tertiary/aromatic N) is 1. The highest BCUT2D eigenvalue weighted by Crippen LogP contribution is 2.25. The number of aromatic nitrogens is 1. The predicted molar refractivity (Wildman–Crippen MR) is 106 cm³/mol. The fourth-order valence-electron chi connectivity index (χ4n) is 3.48. The Hall–Kier alpha value is -1.72. The van der Waals surface area contributed by atoms with Crippen LogP contribution >= 0.6 is 11.6 Å². The lowest BCUT2D eigenvalue weighted by Crippen LogP contribution is -2.38. The molecule has 1 aliphatic heterocycles. The SMILES string of the molecule is O=C(NCCN1CCCCC1)Oc1ccc2[nH]cc(CCCCCl)c2c1. The molecule has 2 aromatic rings. The Morgan fingerprint density at radius 3 is 2.88 bits per heavy atom. The number of H-pyrrole nitrogens is 1. The van der Waals surface area contributed by atoms with Gasteiger partial charge >= 0.3 is 6.09 Å². The first-order valence-electron chi connectivity index (χ1n) is 9.60. The van der Waals surface area contributed by atoms with Gasteiger partial charge in [0.1, 0.15) is 5.75 Å². The second-order valence-electron chi connectivity index (χ2n) is 6.89. The Morgan fingerprint density at radius 1 is 1.23 bits per heavy atom. The van der Waals surface area contributed by atoms with Gasteiger partial charge in [-0.1, -0.05) is 6.42 Å². The van der Waals surface area contributed by atoms with Crippen molar-refractivity contribution in [3.8, 4) is 5.75 Å². The van der Waals surface area contributed by atoms with Gasteiger partial charge < -0.3 is 19.9 Å². The molecule has 1 saturated heterocycles. The number of halogens is 1. The number of benzene rings is 1. The highest BCUT2D eigenvalue weighted by atomic mass is 35.5. The first kappa shape index (κ1) is 19.1. The van der Waals surface area contributed by atoms with Crippen molar-refractivity contribution in [3.63, 3.8) is 0 Å². The summed E-state index contributed by atoms with van der Waals surface area (Å²) in [6.45, 7) is 3.77. The van der Waals surface area contributed by atoms with Gasteiger partial charge in [-0.25, -0.2) is 4.79 Å². The fraction of sp³-hybridized carbons (Fsp3) is 0.550. The monoisotopic (exact) mass is 377 g/mol. The summed E-state index contributed by atoms with van der Waals surface area (Å²) < 4.78 is 5.46. The summed E-state index contributed by atoms with van der Waals surface area (Å²) in [6.07, 6.45) is 8.51. The van der Waals surface area contributed by atoms with Crippen molar-refractivity contribution in [1.82, 2.24) is 15.2 Å². The average Bonchev–Trinajstić information content (AvgIpc) is 3.05. The van der Waals surface area contributed by atoms with Crippen LogP contribution in [0.5, 0.6) is 5.75 Å². The van der Waals surface area contributed by atoms with Crippen molar-refractivity contribution in [3.05, 3.63) is 30.0 Å². The summed E-state index contributed by atoms with van der Waals surface area (Å²) in [5.41, 5.74) is 2.30. The molecule has 2 heterocycles. The lowest BCUT2D eigenvalue weighted by Gasteiger charge is -2.26. The number of likely N-dealkylation sites (tertiary alicyclic amines) is 1. The van der Waals surface area contributed by atoms with Gasteiger partial charge in [0, 0.05) is 36.1 Å². The molecule has 1 aliphatic rings. The van der Waals surface area contributed by atoms with Crippen LogP contribution in [-0.2, 0) is 6.42 Å². The smallest absolute Gasteiger partial charge is 0.410 e. The molecular formula is C20H28ClN3O2. The number of ether oxygens (including phenoxy) is 1. The molecule has 0 saturated carbocycles. The lowest BCUT2D eigenvalue weighted by molar-refractivity contribution is 0.193. The maximum Gasteiger partial charge on any atom is 0.412 e. The molecule has 0 bridgehead atoms. The summed E-state index contributed by atoms with van der Waals surface area (Å²) in [5, 5.41) is 3.96. The molecule has 6 heteroatoms. The molecule has 0 radical (unpaired) electrons. The maximum atomic E-state index is 12.0. The van der Waals surface area contributed by atoms with E-state index in [-0.39, 0.29) is 6.09 Å². The third kappa shape index (κ3) is 5.39. The minimum absolute atomic E-state index is 0.388. The fourth-order valence-corrected chi connectivity index (χ4v) is 3.67. The Kier molecular flexibility index (Phi) is 7.21. The zero-order chi connectivity index (χ0) is 18.2. The summed E-state index contributed by atoms with van der Waals surface area (Å²) in [7, 11) is 0. The van der Waals surface area contributed by atoms with Crippen LogP contribution in [0.15, 0.2) is 24.4 Å². The summed E-state index contributed by atoms with van der Waals surface area (Å²) in [5.74, 6) is 1.26. The minimum atomic E-state index is -0.388. The number of nitrogens with one attached hydrogen (secondary N) is 2. The molecule has 1 fully saturated rings. The number of hydrogen-bond acceptors (Lipinski definition) is 3. The number of amides is 1. The third-order valence-electron chi connectivity index (χ3n) is 4.93. The second kappa shape index (κ2) is 9.83. The van der Waals surface area contributed by atoms with E-state index in [0.29, 0.717) is 18.2 Å². The van der Waals surface area contributed by atoms with E-state index in [2.05, 4.69) is 15.2 Å². The van der Waals surface area contributed by atoms with Gasteiger partial charge in [0.25, 0.3) is 0 Å². The average molecular weight is 378 g/mol. The van der Waals surface area contributed by atoms with E-state index in [1.54, 1.807) is 0 Å². The minimum Gasteiger partial charge on any atom is -0.410 e. The van der Waals surface area contributed by atoms with E-state index in [0.717, 1.165) is 49.8 Å². The highest BCUT2D eigenvalue weighted by Gasteiger charge is 2.11. The summed E-state index contributed by atoms with van der Waals surface area (Å²) in [4.78, 5) is 17.7. The number of aromatic amines is 1. The molecule has 142 valence electrons. The quantitative estimate of drug-likeness (QED) is 0.532. The molecule has 5 nitrogen and oxygen atoms in total. The summed E-state index contributed by atoms with van der Waals surface area (Å²) in [6, 6.07) is 5.72. The lowest BCUT2D eigenvalue weighted by atomic mass is 10.1. The van der Waals surface area contributed by atoms with Gasteiger partial charge in [0.05, 0.1) is 0 Å². The molecule has 0 spiro atoms. The summed E-state index contributed by atoms with van der Waals surface area (Å²) >= 11 is 5.76. The molecule has 3 rings (SSSR count). The second-order valence-corrected chi connectivity index (χ2v) is 7.26. The van der Waals surface area contributed by atoms with Gasteiger partial charge in [0.15, 0.2) is 0 Å². The standard InChI is InChI=1S/C20H28ClN3O2/c21-9-3-2-6-16-15-23-19-8-7-17(14-18(16)19)26-20(25)22-10-13-24-11-4-1-5-12-24/h7-8,14-15,23H,1-6,9-13H2,(H,22,25). The number of unbranched alkanes of at least 4 members (excludes halogenated alkanes) is 1. The van der Waals surface area contributed by atoms with Crippen LogP contribution in [0.2, 0.25) is 0 Å². The van der Waals surface area contributed by atoms with Crippen LogP contribution in [0.3, 0.4) is 0 Å². The number of carbonyl (C=O) groups excluding carboxylic acids is 1. The topological polar surface area (TPSA) is 57.4 Å². The third-order valence-corrected chi connectivity index (χ3v) is 5.19. The predicted octanol–water partition coefficient (Wildman–Crippen LogP) is 4.30. The molecule has 26 heavy (non-hydrogen) atoms. The van der Waals surface area contributed by atoms with Crippen LogP contribution in [0, 0.1) is 0 Å². The van der Waals surface area contributed by atoms with Crippen molar-refractivity contribution in [2.75, 3.05) is 32.1 Å². The normalized spacial score (nSPS) is 15.3. The zero-order valence-corrected chi connectivity index (χ0v) is 16.0. The molecular weight excluding hydrogens is 350 g/mol. The van der Waals surface area contributed by atoms with Gasteiger partial charge in [-0.05, 0) is 69.0 Å². The van der Waals surface area contributed by atoms with Gasteiger partial charge in [-0.2, -0.15) is 0 Å². The molecule has 0 unspecified atom stereocenters. The van der Waals surface area contributed by atoms with Crippen molar-refractivity contribution < 1.29 is 9.53 Å². The van der Waals surface area contributed by atoms with Crippen LogP contribution in [0.25, 0.3) is 10.9 Å². The molecule has 0 aliphatic carbocycles. The molecule has 1 aromatic carbocycles. The number of rotatable bonds is 8. The van der Waals surface area contributed by atoms with Crippen LogP contribution in [-0.4, -0.2) is 48.0 Å². The van der Waals surface area contributed by atoms with Crippen molar-refractivity contribution in [2.24, 2.45) is 0 Å². The van der Waals surface area contributed by atoms with E-state index < -0.39 is 0 Å². The number of piperidine rings is 1. The van der Waals surface area contributed by atoms with Gasteiger partial charge in [-0.3, -0.25) is 0 Å². The van der Waals surface area contributed by atoms with Crippen LogP contribution in [0.4, 0.5) is 4.79 Å². The van der Waals surface area contributed by atoms with Crippen molar-refractivity contribution in [1.29, 1.82) is 0 Å². The maximum absolute atomic E-state index is 12.0. The molecule has 2 N–H and O–H groups in total. The number of alkyl halides is 1. The number of carbonyl (C=O) groups is 1. The van der Waals surface area contributed by atoms with E-state index in [9.17, 15) is 4.79 Å². The van der Waals surface area contributed by atoms with Gasteiger partial charge in [-0.15, -0.1) is 11.6 Å². The van der Waals surface area contributed by atoms with E-state index in [1.807, 2.05) is 24.4 Å². The Balaban J connectivity index is 1.50. The van der Waals surface area contributed by atoms with E-state index in [4.69, 9.17) is 16.3 Å². The van der Waals surface area contributed by atoms with Gasteiger partial charge in [0.2, 0.25) is 0 Å². The van der Waals surface area contributed by atoms with Crippen molar-refractivity contribution >= 4 is 28.6 Å². The number of aryl methyl sites for hydroxylation is 1. The largest absolute Gasteiger partial charge is 0.412 e. The van der Waals surface area contributed by atoms with Crippen LogP contribution in [0.1, 0.15) is 37.7 Å². The Morgan fingerprint density at radius 2 is 2.08 bits per heavy atom. The zero-order valence-electron chi connectivity index (χ0n) is 15.2. The molecule has 0 atom stereocenters. The van der Waals surface area contributed by atoms with E-state index in [1.165, 1.54) is 24.8 Å². The number of hydrogen-bond donors (Lipinski definition) is 2. The molecule has 1 aromatic heterocycles. The molecule has 1 amide bonds. The highest BCUT2D eigenvalue weighted by molar-refractivity contribution is 6.17.